The number of benzene rings is 1. The summed E-state index contributed by atoms with van der Waals surface area (Å²) >= 11 is 0. The van der Waals surface area contributed by atoms with Gasteiger partial charge in [0.05, 0.1) is 20.3 Å². The van der Waals surface area contributed by atoms with Crippen LogP contribution in [0.1, 0.15) is 0 Å². The second kappa shape index (κ2) is 6.18. The van der Waals surface area contributed by atoms with Crippen molar-refractivity contribution in [2.45, 2.75) is 6.18 Å². The smallest absolute Gasteiger partial charge is 0.449 e. The molecule has 0 amide bonds. The summed E-state index contributed by atoms with van der Waals surface area (Å²) in [5, 5.41) is 8.41. The van der Waals surface area contributed by atoms with Crippen LogP contribution in [0.25, 0.3) is 0 Å². The largest absolute Gasteiger partial charge is 0.493 e. The molecule has 0 bridgehead atoms. The quantitative estimate of drug-likeness (QED) is 0.667. The predicted octanol–water partition coefficient (Wildman–Crippen LogP) is 2.61. The summed E-state index contributed by atoms with van der Waals surface area (Å²) < 4.78 is 52.1. The fourth-order valence-corrected chi connectivity index (χ4v) is 1.29. The molecule has 5 nitrogen and oxygen atoms in total. The molecule has 0 aliphatic rings. The lowest BCUT2D eigenvalue weighted by atomic mass is 10.3. The Kier molecular flexibility index (Phi) is 4.84. The van der Waals surface area contributed by atoms with E-state index in [4.69, 9.17) is 14.6 Å². The van der Waals surface area contributed by atoms with Crippen molar-refractivity contribution < 1.29 is 37.3 Å². The fraction of sp³-hybridized carbons (Fsp3) is 0.250. The van der Waals surface area contributed by atoms with Gasteiger partial charge in [-0.2, -0.15) is 13.2 Å². The van der Waals surface area contributed by atoms with Crippen LogP contribution >= 0.6 is 0 Å². The number of rotatable bonds is 5. The zero-order valence-corrected chi connectivity index (χ0v) is 10.5. The monoisotopic (exact) mass is 292 g/mol. The highest BCUT2D eigenvalue weighted by Gasteiger charge is 2.37. The molecule has 0 fully saturated rings. The molecule has 1 aromatic carbocycles. The maximum absolute atomic E-state index is 12.6. The molecule has 0 radical (unpaired) electrons. The number of methoxy groups -OCH3 is 2. The Balaban J connectivity index is 3.09. The topological polar surface area (TPSA) is 65.0 Å². The van der Waals surface area contributed by atoms with Gasteiger partial charge >= 0.3 is 12.1 Å². The third-order valence-electron chi connectivity index (χ3n) is 2.12. The summed E-state index contributed by atoms with van der Waals surface area (Å²) in [4.78, 5) is 10.4. The number of carboxylic acid groups (broad SMARTS) is 1. The van der Waals surface area contributed by atoms with E-state index in [-0.39, 0.29) is 17.6 Å². The highest BCUT2D eigenvalue weighted by molar-refractivity contribution is 5.80. The van der Waals surface area contributed by atoms with Gasteiger partial charge in [-0.25, -0.2) is 4.79 Å². The van der Waals surface area contributed by atoms with E-state index in [1.807, 2.05) is 0 Å². The van der Waals surface area contributed by atoms with E-state index in [1.54, 1.807) is 0 Å². The van der Waals surface area contributed by atoms with Gasteiger partial charge < -0.3 is 19.3 Å². The van der Waals surface area contributed by atoms with Crippen molar-refractivity contribution in [1.29, 1.82) is 0 Å². The van der Waals surface area contributed by atoms with Crippen molar-refractivity contribution in [2.24, 2.45) is 0 Å². The van der Waals surface area contributed by atoms with Gasteiger partial charge in [0.1, 0.15) is 5.75 Å². The van der Waals surface area contributed by atoms with Crippen LogP contribution in [0.4, 0.5) is 13.2 Å². The summed E-state index contributed by atoms with van der Waals surface area (Å²) in [5.41, 5.74) is 0. The Morgan fingerprint density at radius 2 is 1.80 bits per heavy atom. The number of halogens is 3. The first kappa shape index (κ1) is 15.7. The average molecular weight is 292 g/mol. The van der Waals surface area contributed by atoms with E-state index < -0.39 is 17.9 Å². The van der Waals surface area contributed by atoms with Crippen LogP contribution in [-0.4, -0.2) is 31.5 Å². The molecule has 0 atom stereocenters. The second-order valence-electron chi connectivity index (χ2n) is 3.46. The van der Waals surface area contributed by atoms with E-state index in [0.717, 1.165) is 6.07 Å². The van der Waals surface area contributed by atoms with Crippen LogP contribution < -0.4 is 14.2 Å². The molecule has 0 unspecified atom stereocenters. The van der Waals surface area contributed by atoms with Crippen LogP contribution in [0.2, 0.25) is 0 Å². The normalized spacial score (nSPS) is 11.9. The number of carbonyl (C=O) groups is 1. The molecule has 0 spiro atoms. The molecule has 1 N–H and O–H groups in total. The van der Waals surface area contributed by atoms with Gasteiger partial charge in [-0.15, -0.1) is 0 Å². The second-order valence-corrected chi connectivity index (χ2v) is 3.46. The molecule has 1 aromatic rings. The molecule has 1 rings (SSSR count). The summed E-state index contributed by atoms with van der Waals surface area (Å²) in [6, 6.07) is 3.69. The Hall–Kier alpha value is -2.38. The molecule has 0 saturated carbocycles. The van der Waals surface area contributed by atoms with Crippen molar-refractivity contribution in [1.82, 2.24) is 0 Å². The zero-order valence-electron chi connectivity index (χ0n) is 10.5. The Morgan fingerprint density at radius 1 is 1.20 bits per heavy atom. The fourth-order valence-electron chi connectivity index (χ4n) is 1.29. The molecule has 0 aromatic heterocycles. The summed E-state index contributed by atoms with van der Waals surface area (Å²) in [5.74, 6) is -3.18. The Morgan fingerprint density at radius 3 is 2.25 bits per heavy atom. The molecular weight excluding hydrogens is 281 g/mol. The van der Waals surface area contributed by atoms with Gasteiger partial charge in [0.25, 0.3) is 0 Å². The summed E-state index contributed by atoms with van der Waals surface area (Å²) in [6.07, 6.45) is -4.98. The first-order valence-corrected chi connectivity index (χ1v) is 5.19. The molecule has 0 aliphatic carbocycles. The van der Waals surface area contributed by atoms with Gasteiger partial charge in [-0.3, -0.25) is 0 Å². The maximum atomic E-state index is 12.6. The van der Waals surface area contributed by atoms with Crippen LogP contribution in [-0.2, 0) is 4.79 Å². The number of ether oxygens (including phenoxy) is 3. The minimum Gasteiger partial charge on any atom is -0.493 e. The van der Waals surface area contributed by atoms with Crippen LogP contribution in [0.15, 0.2) is 30.0 Å². The van der Waals surface area contributed by atoms with Crippen molar-refractivity contribution >= 4 is 5.97 Å². The Labute approximate surface area is 112 Å². The van der Waals surface area contributed by atoms with Crippen LogP contribution in [0.3, 0.4) is 0 Å². The molecule has 8 heteroatoms. The number of hydrogen-bond donors (Lipinski definition) is 1. The van der Waals surface area contributed by atoms with Crippen molar-refractivity contribution in [3.05, 3.63) is 30.0 Å². The lowest BCUT2D eigenvalue weighted by Crippen LogP contribution is -2.18. The zero-order chi connectivity index (χ0) is 15.3. The van der Waals surface area contributed by atoms with Crippen LogP contribution in [0.5, 0.6) is 17.2 Å². The third-order valence-corrected chi connectivity index (χ3v) is 2.12. The lowest BCUT2D eigenvalue weighted by Gasteiger charge is -2.14. The van der Waals surface area contributed by atoms with Gasteiger partial charge in [0.15, 0.2) is 11.5 Å². The lowest BCUT2D eigenvalue weighted by molar-refractivity contribution is -0.135. The number of alkyl halides is 3. The first-order valence-electron chi connectivity index (χ1n) is 5.19. The van der Waals surface area contributed by atoms with Gasteiger partial charge in [0, 0.05) is 6.07 Å². The highest BCUT2D eigenvalue weighted by atomic mass is 19.4. The molecular formula is C12H11F3O5. The van der Waals surface area contributed by atoms with E-state index in [1.165, 1.54) is 26.4 Å². The van der Waals surface area contributed by atoms with E-state index in [2.05, 4.69) is 4.74 Å². The minimum atomic E-state index is -4.93. The standard InChI is InChI=1S/C12H11F3O5/c1-18-8-4-3-7(5-9(8)19-2)20-10(6-11(16)17)12(13,14)15/h3-6H,1-2H3,(H,16,17)/b10-6+. The molecule has 0 saturated heterocycles. The molecule has 110 valence electrons. The van der Waals surface area contributed by atoms with Crippen LogP contribution in [0, 0.1) is 0 Å². The summed E-state index contributed by atoms with van der Waals surface area (Å²) in [7, 11) is 2.67. The average Bonchev–Trinajstić information content (AvgIpc) is 2.36. The number of hydrogen-bond acceptors (Lipinski definition) is 4. The highest BCUT2D eigenvalue weighted by Crippen LogP contribution is 2.34. The Bertz CT molecular complexity index is 522. The predicted molar refractivity (Wildman–Crippen MR) is 61.9 cm³/mol. The number of allylic oxidation sites excluding steroid dienone is 1. The van der Waals surface area contributed by atoms with E-state index in [0.29, 0.717) is 5.75 Å². The van der Waals surface area contributed by atoms with Gasteiger partial charge in [-0.05, 0) is 12.1 Å². The molecule has 20 heavy (non-hydrogen) atoms. The molecule has 0 heterocycles. The van der Waals surface area contributed by atoms with E-state index >= 15 is 0 Å². The van der Waals surface area contributed by atoms with Gasteiger partial charge in [-0.1, -0.05) is 0 Å². The third kappa shape index (κ3) is 4.08. The van der Waals surface area contributed by atoms with E-state index in [9.17, 15) is 18.0 Å². The minimum absolute atomic E-state index is 0.0588. The maximum Gasteiger partial charge on any atom is 0.449 e. The number of aliphatic carboxylic acids is 1. The van der Waals surface area contributed by atoms with Crippen molar-refractivity contribution in [3.63, 3.8) is 0 Å². The summed E-state index contributed by atoms with van der Waals surface area (Å²) in [6.45, 7) is 0. The first-order chi connectivity index (χ1) is 9.27. The SMILES string of the molecule is COc1ccc(O/C(=C/C(=O)O)C(F)(F)F)cc1OC. The molecule has 0 aliphatic heterocycles. The van der Waals surface area contributed by atoms with Crippen molar-refractivity contribution in [3.8, 4) is 17.2 Å². The van der Waals surface area contributed by atoms with Crippen molar-refractivity contribution in [2.75, 3.05) is 14.2 Å². The number of carboxylic acids is 1. The van der Waals surface area contributed by atoms with Gasteiger partial charge in [0.2, 0.25) is 5.76 Å².